The molecular formula is C13H26N2O3S. The van der Waals surface area contributed by atoms with Gasteiger partial charge in [0.1, 0.15) is 9.84 Å². The summed E-state index contributed by atoms with van der Waals surface area (Å²) in [6, 6.07) is 0.289. The average Bonchev–Trinajstić information content (AvgIpc) is 2.32. The third-order valence-corrected chi connectivity index (χ3v) is 4.74. The standard InChI is InChI=1S/C13H26N2O3S/c1-15(8-9-19(2,17)18)13(16)7-6-11-4-3-5-12(14)10-11/h11-12H,3-10,14H2,1-2H3. The van der Waals surface area contributed by atoms with Gasteiger partial charge in [-0.25, -0.2) is 8.42 Å². The van der Waals surface area contributed by atoms with Crippen LogP contribution in [-0.2, 0) is 14.6 Å². The van der Waals surface area contributed by atoms with E-state index in [-0.39, 0.29) is 24.2 Å². The monoisotopic (exact) mass is 290 g/mol. The van der Waals surface area contributed by atoms with Gasteiger partial charge in [-0.15, -0.1) is 0 Å². The van der Waals surface area contributed by atoms with Gasteiger partial charge in [0.2, 0.25) is 5.91 Å². The van der Waals surface area contributed by atoms with Crippen LogP contribution in [0.2, 0.25) is 0 Å². The summed E-state index contributed by atoms with van der Waals surface area (Å²) in [5.41, 5.74) is 5.92. The van der Waals surface area contributed by atoms with Crippen LogP contribution in [0.15, 0.2) is 0 Å². The molecule has 112 valence electrons. The Bertz CT molecular complexity index is 395. The van der Waals surface area contributed by atoms with E-state index in [4.69, 9.17) is 5.73 Å². The quantitative estimate of drug-likeness (QED) is 0.784. The number of nitrogens with zero attached hydrogens (tertiary/aromatic N) is 1. The first-order chi connectivity index (χ1) is 8.78. The van der Waals surface area contributed by atoms with Crippen molar-refractivity contribution in [2.75, 3.05) is 25.6 Å². The average molecular weight is 290 g/mol. The molecule has 1 fully saturated rings. The zero-order valence-corrected chi connectivity index (χ0v) is 12.8. The molecule has 0 bridgehead atoms. The summed E-state index contributed by atoms with van der Waals surface area (Å²) in [4.78, 5) is 13.4. The van der Waals surface area contributed by atoms with Gasteiger partial charge in [0.25, 0.3) is 0 Å². The SMILES string of the molecule is CN(CCS(C)(=O)=O)C(=O)CCC1CCCC(N)C1. The number of nitrogens with two attached hydrogens (primary N) is 1. The van der Waals surface area contributed by atoms with Crippen molar-refractivity contribution in [3.8, 4) is 0 Å². The normalized spacial score (nSPS) is 24.2. The molecule has 2 unspecified atom stereocenters. The maximum absolute atomic E-state index is 11.9. The van der Waals surface area contributed by atoms with Gasteiger partial charge in [0.05, 0.1) is 5.75 Å². The molecule has 1 amide bonds. The molecule has 0 heterocycles. The van der Waals surface area contributed by atoms with E-state index in [0.717, 1.165) is 32.1 Å². The number of carbonyl (C=O) groups excluding carboxylic acids is 1. The highest BCUT2D eigenvalue weighted by atomic mass is 32.2. The maximum atomic E-state index is 11.9. The van der Waals surface area contributed by atoms with Gasteiger partial charge in [-0.3, -0.25) is 4.79 Å². The molecule has 5 nitrogen and oxygen atoms in total. The van der Waals surface area contributed by atoms with Crippen molar-refractivity contribution in [2.45, 2.75) is 44.6 Å². The Labute approximate surface area is 116 Å². The third-order valence-electron chi connectivity index (χ3n) is 3.81. The molecule has 1 aliphatic rings. The Kier molecular flexibility index (Phi) is 6.26. The van der Waals surface area contributed by atoms with Gasteiger partial charge in [-0.05, 0) is 25.2 Å². The largest absolute Gasteiger partial charge is 0.345 e. The fourth-order valence-electron chi connectivity index (χ4n) is 2.54. The maximum Gasteiger partial charge on any atom is 0.222 e. The Hall–Kier alpha value is -0.620. The Morgan fingerprint density at radius 1 is 1.37 bits per heavy atom. The number of rotatable bonds is 6. The van der Waals surface area contributed by atoms with Gasteiger partial charge >= 0.3 is 0 Å². The predicted molar refractivity (Wildman–Crippen MR) is 76.5 cm³/mol. The molecule has 1 saturated carbocycles. The predicted octanol–water partition coefficient (Wildman–Crippen LogP) is 0.787. The van der Waals surface area contributed by atoms with Crippen molar-refractivity contribution in [3.63, 3.8) is 0 Å². The summed E-state index contributed by atoms with van der Waals surface area (Å²) in [5.74, 6) is 0.614. The van der Waals surface area contributed by atoms with Crippen molar-refractivity contribution >= 4 is 15.7 Å². The van der Waals surface area contributed by atoms with E-state index in [1.165, 1.54) is 11.2 Å². The highest BCUT2D eigenvalue weighted by molar-refractivity contribution is 7.90. The fourth-order valence-corrected chi connectivity index (χ4v) is 3.15. The van der Waals surface area contributed by atoms with Crippen LogP contribution in [0.1, 0.15) is 38.5 Å². The Morgan fingerprint density at radius 3 is 2.63 bits per heavy atom. The van der Waals surface area contributed by atoms with E-state index in [2.05, 4.69) is 0 Å². The number of amides is 1. The summed E-state index contributed by atoms with van der Waals surface area (Å²) < 4.78 is 22.1. The molecule has 0 aromatic carbocycles. The van der Waals surface area contributed by atoms with Crippen molar-refractivity contribution < 1.29 is 13.2 Å². The lowest BCUT2D eigenvalue weighted by Crippen LogP contribution is -2.32. The third kappa shape index (κ3) is 6.92. The summed E-state index contributed by atoms with van der Waals surface area (Å²) in [5, 5.41) is 0. The molecule has 0 saturated heterocycles. The van der Waals surface area contributed by atoms with E-state index in [9.17, 15) is 13.2 Å². The van der Waals surface area contributed by atoms with Gasteiger partial charge < -0.3 is 10.6 Å². The smallest absolute Gasteiger partial charge is 0.222 e. The Balaban J connectivity index is 2.26. The van der Waals surface area contributed by atoms with Crippen LogP contribution in [0, 0.1) is 5.92 Å². The van der Waals surface area contributed by atoms with E-state index >= 15 is 0 Å². The topological polar surface area (TPSA) is 80.5 Å². The second-order valence-electron chi connectivity index (χ2n) is 5.78. The minimum Gasteiger partial charge on any atom is -0.345 e. The fraction of sp³-hybridized carbons (Fsp3) is 0.923. The molecule has 1 aliphatic carbocycles. The molecule has 1 rings (SSSR count). The second-order valence-corrected chi connectivity index (χ2v) is 8.04. The molecule has 2 N–H and O–H groups in total. The van der Waals surface area contributed by atoms with Crippen molar-refractivity contribution in [1.29, 1.82) is 0 Å². The van der Waals surface area contributed by atoms with Crippen molar-refractivity contribution in [2.24, 2.45) is 11.7 Å². The molecule has 6 heteroatoms. The zero-order chi connectivity index (χ0) is 14.5. The van der Waals surface area contributed by atoms with Crippen molar-refractivity contribution in [3.05, 3.63) is 0 Å². The molecule has 0 spiro atoms. The molecule has 0 aromatic heterocycles. The molecule has 2 atom stereocenters. The van der Waals surface area contributed by atoms with Crippen LogP contribution in [0.5, 0.6) is 0 Å². The summed E-state index contributed by atoms with van der Waals surface area (Å²) in [6.07, 6.45) is 6.99. The number of sulfone groups is 1. The van der Waals surface area contributed by atoms with Crippen LogP contribution < -0.4 is 5.73 Å². The number of hydrogen-bond donors (Lipinski definition) is 1. The van der Waals surface area contributed by atoms with E-state index in [0.29, 0.717) is 12.3 Å². The van der Waals surface area contributed by atoms with E-state index in [1.807, 2.05) is 0 Å². The molecule has 0 aromatic rings. The van der Waals surface area contributed by atoms with Crippen molar-refractivity contribution in [1.82, 2.24) is 4.90 Å². The van der Waals surface area contributed by atoms with Crippen LogP contribution in [0.4, 0.5) is 0 Å². The van der Waals surface area contributed by atoms with E-state index < -0.39 is 9.84 Å². The van der Waals surface area contributed by atoms with Gasteiger partial charge in [-0.1, -0.05) is 12.8 Å². The first-order valence-electron chi connectivity index (χ1n) is 6.95. The number of carbonyl (C=O) groups is 1. The summed E-state index contributed by atoms with van der Waals surface area (Å²) in [7, 11) is -1.34. The molecule has 0 aliphatic heterocycles. The van der Waals surface area contributed by atoms with Gasteiger partial charge in [0, 0.05) is 32.3 Å². The lowest BCUT2D eigenvalue weighted by atomic mass is 9.83. The van der Waals surface area contributed by atoms with Crippen LogP contribution in [0.25, 0.3) is 0 Å². The van der Waals surface area contributed by atoms with Gasteiger partial charge in [0.15, 0.2) is 0 Å². The van der Waals surface area contributed by atoms with Gasteiger partial charge in [-0.2, -0.15) is 0 Å². The molecule has 0 radical (unpaired) electrons. The summed E-state index contributed by atoms with van der Waals surface area (Å²) in [6.45, 7) is 0.280. The van der Waals surface area contributed by atoms with Crippen LogP contribution >= 0.6 is 0 Å². The highest BCUT2D eigenvalue weighted by Crippen LogP contribution is 2.26. The second kappa shape index (κ2) is 7.24. The molecule has 19 heavy (non-hydrogen) atoms. The Morgan fingerprint density at radius 2 is 2.05 bits per heavy atom. The first kappa shape index (κ1) is 16.4. The first-order valence-corrected chi connectivity index (χ1v) is 9.01. The summed E-state index contributed by atoms with van der Waals surface area (Å²) >= 11 is 0. The lowest BCUT2D eigenvalue weighted by molar-refractivity contribution is -0.130. The van der Waals surface area contributed by atoms with Crippen LogP contribution in [-0.4, -0.2) is 50.9 Å². The van der Waals surface area contributed by atoms with Crippen LogP contribution in [0.3, 0.4) is 0 Å². The minimum absolute atomic E-state index is 0.0304. The zero-order valence-electron chi connectivity index (χ0n) is 12.0. The molecular weight excluding hydrogens is 264 g/mol. The lowest BCUT2D eigenvalue weighted by Gasteiger charge is -2.27. The van der Waals surface area contributed by atoms with E-state index in [1.54, 1.807) is 7.05 Å². The highest BCUT2D eigenvalue weighted by Gasteiger charge is 2.20. The number of hydrogen-bond acceptors (Lipinski definition) is 4. The minimum atomic E-state index is -3.01.